The zero-order valence-electron chi connectivity index (χ0n) is 13.3. The highest BCUT2D eigenvalue weighted by Gasteiger charge is 2.24. The molecular formula is C18H18N2O3. The van der Waals surface area contributed by atoms with Crippen LogP contribution in [0.15, 0.2) is 24.3 Å². The van der Waals surface area contributed by atoms with Gasteiger partial charge in [-0.3, -0.25) is 4.79 Å². The van der Waals surface area contributed by atoms with Crippen LogP contribution in [0, 0.1) is 11.3 Å². The molecule has 0 aliphatic rings. The summed E-state index contributed by atoms with van der Waals surface area (Å²) in [5, 5.41) is 9.30. The first-order chi connectivity index (χ1) is 11.0. The second-order valence-electron chi connectivity index (χ2n) is 5.35. The van der Waals surface area contributed by atoms with Gasteiger partial charge in [-0.2, -0.15) is 5.26 Å². The molecule has 23 heavy (non-hydrogen) atoms. The molecule has 0 fully saturated rings. The van der Waals surface area contributed by atoms with E-state index >= 15 is 0 Å². The number of aromatic amines is 1. The number of rotatable bonds is 5. The number of nitrogens with one attached hydrogen (secondary N) is 1. The molecule has 5 nitrogen and oxygen atoms in total. The van der Waals surface area contributed by atoms with Crippen molar-refractivity contribution in [3.63, 3.8) is 0 Å². The average Bonchev–Trinajstić information content (AvgIpc) is 2.92. The predicted molar refractivity (Wildman–Crippen MR) is 86.3 cm³/mol. The smallest absolute Gasteiger partial charge is 0.355 e. The van der Waals surface area contributed by atoms with Crippen LogP contribution < -0.4 is 0 Å². The van der Waals surface area contributed by atoms with Gasteiger partial charge in [-0.25, -0.2) is 4.79 Å². The van der Waals surface area contributed by atoms with Crippen molar-refractivity contribution in [3.8, 4) is 17.2 Å². The van der Waals surface area contributed by atoms with E-state index in [2.05, 4.69) is 11.1 Å². The summed E-state index contributed by atoms with van der Waals surface area (Å²) in [6.45, 7) is 5.42. The minimum absolute atomic E-state index is 0.259. The van der Waals surface area contributed by atoms with E-state index in [1.54, 1.807) is 38.1 Å². The molecule has 1 aromatic carbocycles. The van der Waals surface area contributed by atoms with Crippen LogP contribution in [-0.2, 0) is 11.2 Å². The fourth-order valence-corrected chi connectivity index (χ4v) is 2.56. The zero-order valence-corrected chi connectivity index (χ0v) is 13.3. The Labute approximate surface area is 134 Å². The van der Waals surface area contributed by atoms with E-state index < -0.39 is 5.97 Å². The van der Waals surface area contributed by atoms with Crippen molar-refractivity contribution in [2.45, 2.75) is 33.3 Å². The molecule has 2 rings (SSSR count). The number of benzene rings is 1. The fourth-order valence-electron chi connectivity index (χ4n) is 2.56. The van der Waals surface area contributed by atoms with Gasteiger partial charge in [0, 0.05) is 11.1 Å². The summed E-state index contributed by atoms with van der Waals surface area (Å²) in [5.41, 5.74) is 2.91. The number of aldehydes is 1. The molecule has 0 saturated carbocycles. The Morgan fingerprint density at radius 3 is 2.65 bits per heavy atom. The summed E-state index contributed by atoms with van der Waals surface area (Å²) in [5.74, 6) is -0.499. The lowest BCUT2D eigenvalue weighted by Crippen LogP contribution is -2.13. The second kappa shape index (κ2) is 6.93. The van der Waals surface area contributed by atoms with E-state index in [1.165, 1.54) is 0 Å². The summed E-state index contributed by atoms with van der Waals surface area (Å²) in [6.07, 6.45) is 0.932. The van der Waals surface area contributed by atoms with Crippen LogP contribution in [0.4, 0.5) is 0 Å². The zero-order chi connectivity index (χ0) is 17.0. The molecule has 0 unspecified atom stereocenters. The van der Waals surface area contributed by atoms with Crippen LogP contribution in [0.3, 0.4) is 0 Å². The molecule has 1 heterocycles. The largest absolute Gasteiger partial charge is 0.458 e. The third kappa shape index (κ3) is 3.16. The van der Waals surface area contributed by atoms with Crippen molar-refractivity contribution in [1.82, 2.24) is 4.98 Å². The number of aromatic nitrogens is 1. The molecule has 0 aliphatic carbocycles. The third-order valence-electron chi connectivity index (χ3n) is 3.47. The number of carbonyl (C=O) groups excluding carboxylic acids is 2. The normalized spacial score (nSPS) is 10.4. The number of nitrogens with zero attached hydrogens (tertiary/aromatic N) is 1. The van der Waals surface area contributed by atoms with Crippen LogP contribution >= 0.6 is 0 Å². The second-order valence-corrected chi connectivity index (χ2v) is 5.35. The Balaban J connectivity index is 2.69. The molecule has 1 N–H and O–H groups in total. The van der Waals surface area contributed by atoms with E-state index in [1.807, 2.05) is 6.92 Å². The highest BCUT2D eigenvalue weighted by Crippen LogP contribution is 2.33. The number of nitriles is 1. The van der Waals surface area contributed by atoms with E-state index in [9.17, 15) is 14.9 Å². The highest BCUT2D eigenvalue weighted by atomic mass is 16.5. The fraction of sp³-hybridized carbons (Fsp3) is 0.278. The van der Waals surface area contributed by atoms with Gasteiger partial charge >= 0.3 is 5.97 Å². The van der Waals surface area contributed by atoms with E-state index in [0.717, 1.165) is 0 Å². The van der Waals surface area contributed by atoms with Crippen molar-refractivity contribution in [2.75, 3.05) is 0 Å². The Morgan fingerprint density at radius 2 is 2.09 bits per heavy atom. The van der Waals surface area contributed by atoms with Crippen LogP contribution in [0.2, 0.25) is 0 Å². The predicted octanol–water partition coefficient (Wildman–Crippen LogP) is 3.49. The number of esters is 1. The van der Waals surface area contributed by atoms with Gasteiger partial charge in [0.2, 0.25) is 0 Å². The Kier molecular flexibility index (Phi) is 4.97. The van der Waals surface area contributed by atoms with Crippen molar-refractivity contribution < 1.29 is 14.3 Å². The lowest BCUT2D eigenvalue weighted by Gasteiger charge is -2.09. The van der Waals surface area contributed by atoms with Crippen molar-refractivity contribution in [2.24, 2.45) is 0 Å². The molecule has 118 valence electrons. The Bertz CT molecular complexity index is 782. The molecule has 0 bridgehead atoms. The molecule has 2 aromatic rings. The van der Waals surface area contributed by atoms with Gasteiger partial charge in [0.05, 0.1) is 23.4 Å². The summed E-state index contributed by atoms with van der Waals surface area (Å²) in [7, 11) is 0. The number of ether oxygens (including phenoxy) is 1. The van der Waals surface area contributed by atoms with Gasteiger partial charge in [-0.05, 0) is 31.9 Å². The lowest BCUT2D eigenvalue weighted by molar-refractivity contribution is 0.0370. The quantitative estimate of drug-likeness (QED) is 0.677. The molecule has 0 radical (unpaired) electrons. The number of H-pyrrole nitrogens is 1. The van der Waals surface area contributed by atoms with E-state index in [4.69, 9.17) is 4.74 Å². The summed E-state index contributed by atoms with van der Waals surface area (Å²) >= 11 is 0. The third-order valence-corrected chi connectivity index (χ3v) is 3.47. The average molecular weight is 310 g/mol. The van der Waals surface area contributed by atoms with Crippen LogP contribution in [-0.4, -0.2) is 23.3 Å². The minimum Gasteiger partial charge on any atom is -0.458 e. The first kappa shape index (κ1) is 16.5. The maximum Gasteiger partial charge on any atom is 0.355 e. The Morgan fingerprint density at radius 1 is 1.39 bits per heavy atom. The molecular weight excluding hydrogens is 292 g/mol. The molecule has 1 aromatic heterocycles. The SMILES string of the molecule is CCc1c(C(=O)OC(C)C)[nH]c(C=O)c1-c1ccccc1C#N. The molecule has 0 saturated heterocycles. The summed E-state index contributed by atoms with van der Waals surface area (Å²) in [6, 6.07) is 9.13. The van der Waals surface area contributed by atoms with Gasteiger partial charge < -0.3 is 9.72 Å². The molecule has 0 aliphatic heterocycles. The number of hydrogen-bond acceptors (Lipinski definition) is 4. The van der Waals surface area contributed by atoms with Crippen molar-refractivity contribution >= 4 is 12.3 Å². The maximum absolute atomic E-state index is 12.3. The van der Waals surface area contributed by atoms with Crippen LogP contribution in [0.5, 0.6) is 0 Å². The topological polar surface area (TPSA) is 83.0 Å². The van der Waals surface area contributed by atoms with Crippen LogP contribution in [0.1, 0.15) is 52.9 Å². The molecule has 5 heteroatoms. The van der Waals surface area contributed by atoms with Crippen molar-refractivity contribution in [1.29, 1.82) is 5.26 Å². The highest BCUT2D eigenvalue weighted by molar-refractivity contribution is 5.98. The van der Waals surface area contributed by atoms with Gasteiger partial charge in [-0.15, -0.1) is 0 Å². The van der Waals surface area contributed by atoms with E-state index in [0.29, 0.717) is 35.0 Å². The van der Waals surface area contributed by atoms with Gasteiger partial charge in [0.15, 0.2) is 6.29 Å². The standard InChI is InChI=1S/C18H18N2O3/c1-4-13-16(14-8-6-5-7-12(14)9-19)15(10-21)20-17(13)18(22)23-11(2)3/h5-8,10-11,20H,4H2,1-3H3. The first-order valence-electron chi connectivity index (χ1n) is 7.43. The van der Waals surface area contributed by atoms with Gasteiger partial charge in [-0.1, -0.05) is 25.1 Å². The number of carbonyl (C=O) groups is 2. The minimum atomic E-state index is -0.499. The Hall–Kier alpha value is -2.87. The maximum atomic E-state index is 12.3. The summed E-state index contributed by atoms with van der Waals surface area (Å²) in [4.78, 5) is 26.6. The lowest BCUT2D eigenvalue weighted by atomic mass is 9.95. The first-order valence-corrected chi connectivity index (χ1v) is 7.43. The van der Waals surface area contributed by atoms with E-state index in [-0.39, 0.29) is 17.5 Å². The molecule has 0 amide bonds. The number of hydrogen-bond donors (Lipinski definition) is 1. The summed E-state index contributed by atoms with van der Waals surface area (Å²) < 4.78 is 5.23. The van der Waals surface area contributed by atoms with Crippen molar-refractivity contribution in [3.05, 3.63) is 46.8 Å². The molecule has 0 spiro atoms. The van der Waals surface area contributed by atoms with Gasteiger partial charge in [0.25, 0.3) is 0 Å². The van der Waals surface area contributed by atoms with Crippen LogP contribution in [0.25, 0.3) is 11.1 Å². The van der Waals surface area contributed by atoms with Gasteiger partial charge in [0.1, 0.15) is 5.69 Å². The molecule has 0 atom stereocenters. The monoisotopic (exact) mass is 310 g/mol.